The third kappa shape index (κ3) is 6.15. The molecule has 9 heteroatoms. The second kappa shape index (κ2) is 10.2. The molecule has 1 atom stereocenters. The second-order valence-corrected chi connectivity index (χ2v) is 14.4. The molecule has 1 aromatic carbocycles. The number of ether oxygens (including phenoxy) is 1. The molecule has 0 bridgehead atoms. The van der Waals surface area contributed by atoms with Gasteiger partial charge in [-0.25, -0.2) is 13.4 Å². The number of anilines is 3. The lowest BCUT2D eigenvalue weighted by atomic mass is 9.93. The van der Waals surface area contributed by atoms with E-state index in [0.717, 1.165) is 44.8 Å². The van der Waals surface area contributed by atoms with Crippen molar-refractivity contribution in [1.29, 1.82) is 0 Å². The zero-order chi connectivity index (χ0) is 27.1. The van der Waals surface area contributed by atoms with E-state index >= 15 is 0 Å². The molecule has 1 spiro atoms. The Bertz CT molecular complexity index is 1290. The summed E-state index contributed by atoms with van der Waals surface area (Å²) >= 11 is 0. The number of aromatic nitrogens is 1. The highest BCUT2D eigenvalue weighted by Gasteiger charge is 2.44. The summed E-state index contributed by atoms with van der Waals surface area (Å²) in [6, 6.07) is 10.6. The van der Waals surface area contributed by atoms with Crippen molar-refractivity contribution in [1.82, 2.24) is 4.98 Å². The minimum atomic E-state index is -3.50. The van der Waals surface area contributed by atoms with Gasteiger partial charge in [0.05, 0.1) is 34.6 Å². The standard InChI is InChI=1S/C29H40N4O4S/c1-21-19-33(16-17-37-21)26-7-5-6-25(30-26)31-27(34)23-9-8-22(38(35,36)20-28(2,3)4)18-24(23)32-14-12-29(10-11-29)13-15-32/h5-9,18,21H,10-17,19-20H2,1-4H3,(H,30,31,34)/t21-/m1/s1. The number of nitrogens with one attached hydrogen (secondary N) is 1. The fourth-order valence-electron chi connectivity index (χ4n) is 5.59. The Balaban J connectivity index is 1.42. The van der Waals surface area contributed by atoms with Gasteiger partial charge >= 0.3 is 0 Å². The van der Waals surface area contributed by atoms with E-state index in [4.69, 9.17) is 9.72 Å². The monoisotopic (exact) mass is 540 g/mol. The summed E-state index contributed by atoms with van der Waals surface area (Å²) in [4.78, 5) is 22.9. The lowest BCUT2D eigenvalue weighted by Gasteiger charge is -2.35. The number of sulfone groups is 1. The number of pyridine rings is 1. The quantitative estimate of drug-likeness (QED) is 0.565. The van der Waals surface area contributed by atoms with Crippen LogP contribution in [0.25, 0.3) is 0 Å². The average Bonchev–Trinajstić information content (AvgIpc) is 3.61. The van der Waals surface area contributed by atoms with Gasteiger partial charge in [-0.1, -0.05) is 26.8 Å². The van der Waals surface area contributed by atoms with Gasteiger partial charge in [-0.15, -0.1) is 0 Å². The highest BCUT2D eigenvalue weighted by molar-refractivity contribution is 7.91. The normalized spacial score (nSPS) is 21.4. The highest BCUT2D eigenvalue weighted by Crippen LogP contribution is 2.54. The molecule has 0 unspecified atom stereocenters. The Labute approximate surface area is 226 Å². The van der Waals surface area contributed by atoms with Crippen molar-refractivity contribution in [3.63, 3.8) is 0 Å². The molecular weight excluding hydrogens is 500 g/mol. The van der Waals surface area contributed by atoms with Crippen LogP contribution in [0.4, 0.5) is 17.3 Å². The molecule has 3 heterocycles. The van der Waals surface area contributed by atoms with Gasteiger partial charge in [0.15, 0.2) is 9.84 Å². The van der Waals surface area contributed by atoms with Crippen molar-refractivity contribution < 1.29 is 17.9 Å². The topological polar surface area (TPSA) is 91.8 Å². The van der Waals surface area contributed by atoms with Gasteiger partial charge in [-0.3, -0.25) is 4.79 Å². The molecule has 5 rings (SSSR count). The molecule has 2 aromatic rings. The van der Waals surface area contributed by atoms with Crippen molar-refractivity contribution in [2.45, 2.75) is 64.4 Å². The largest absolute Gasteiger partial charge is 0.375 e. The Morgan fingerprint density at radius 1 is 1.08 bits per heavy atom. The number of hydrogen-bond donors (Lipinski definition) is 1. The Hall–Kier alpha value is -2.65. The van der Waals surface area contributed by atoms with Crippen LogP contribution in [-0.2, 0) is 14.6 Å². The number of carbonyl (C=O) groups is 1. The maximum Gasteiger partial charge on any atom is 0.258 e. The number of piperidine rings is 1. The minimum Gasteiger partial charge on any atom is -0.375 e. The molecule has 2 aliphatic heterocycles. The first-order chi connectivity index (χ1) is 17.9. The third-order valence-electron chi connectivity index (χ3n) is 7.86. The maximum absolute atomic E-state index is 13.6. The van der Waals surface area contributed by atoms with E-state index in [2.05, 4.69) is 15.1 Å². The summed E-state index contributed by atoms with van der Waals surface area (Å²) in [6.07, 6.45) is 4.83. The third-order valence-corrected chi connectivity index (χ3v) is 10.1. The molecule has 1 N–H and O–H groups in total. The molecule has 8 nitrogen and oxygen atoms in total. The zero-order valence-corrected chi connectivity index (χ0v) is 23.8. The van der Waals surface area contributed by atoms with Crippen LogP contribution in [-0.4, -0.2) is 64.0 Å². The first-order valence-corrected chi connectivity index (χ1v) is 15.4. The van der Waals surface area contributed by atoms with Crippen molar-refractivity contribution >= 4 is 33.1 Å². The van der Waals surface area contributed by atoms with Crippen LogP contribution >= 0.6 is 0 Å². The van der Waals surface area contributed by atoms with E-state index in [1.54, 1.807) is 24.3 Å². The number of benzene rings is 1. The number of morpholine rings is 1. The predicted molar refractivity (Wildman–Crippen MR) is 151 cm³/mol. The van der Waals surface area contributed by atoms with Crippen molar-refractivity contribution in [2.24, 2.45) is 10.8 Å². The summed E-state index contributed by atoms with van der Waals surface area (Å²) < 4.78 is 32.1. The summed E-state index contributed by atoms with van der Waals surface area (Å²) in [6.45, 7) is 11.6. The molecule has 1 amide bonds. The summed E-state index contributed by atoms with van der Waals surface area (Å²) in [7, 11) is -3.50. The van der Waals surface area contributed by atoms with Crippen LogP contribution in [0.5, 0.6) is 0 Å². The van der Waals surface area contributed by atoms with Gasteiger partial charge in [-0.05, 0) is 73.8 Å². The average molecular weight is 541 g/mol. The van der Waals surface area contributed by atoms with Crippen molar-refractivity contribution in [2.75, 3.05) is 53.7 Å². The maximum atomic E-state index is 13.6. The van der Waals surface area contributed by atoms with E-state index in [-0.39, 0.29) is 28.1 Å². The predicted octanol–water partition coefficient (Wildman–Crippen LogP) is 4.76. The van der Waals surface area contributed by atoms with Crippen LogP contribution in [0.1, 0.15) is 63.7 Å². The van der Waals surface area contributed by atoms with Gasteiger partial charge in [0.25, 0.3) is 5.91 Å². The molecular formula is C29H40N4O4S. The Morgan fingerprint density at radius 2 is 1.82 bits per heavy atom. The van der Waals surface area contributed by atoms with E-state index in [1.807, 2.05) is 39.8 Å². The molecule has 206 valence electrons. The number of carbonyl (C=O) groups excluding carboxylic acids is 1. The summed E-state index contributed by atoms with van der Waals surface area (Å²) in [5.41, 5.74) is 1.26. The number of rotatable bonds is 6. The van der Waals surface area contributed by atoms with Gasteiger partial charge in [0.2, 0.25) is 0 Å². The molecule has 1 saturated carbocycles. The van der Waals surface area contributed by atoms with E-state index < -0.39 is 9.84 Å². The number of amides is 1. The van der Waals surface area contributed by atoms with Crippen LogP contribution in [0.3, 0.4) is 0 Å². The van der Waals surface area contributed by atoms with Crippen LogP contribution in [0, 0.1) is 10.8 Å². The van der Waals surface area contributed by atoms with Crippen LogP contribution in [0.2, 0.25) is 0 Å². The van der Waals surface area contributed by atoms with E-state index in [0.29, 0.717) is 29.1 Å². The highest BCUT2D eigenvalue weighted by atomic mass is 32.2. The first kappa shape index (κ1) is 26.9. The van der Waals surface area contributed by atoms with Crippen LogP contribution < -0.4 is 15.1 Å². The first-order valence-electron chi connectivity index (χ1n) is 13.7. The smallest absolute Gasteiger partial charge is 0.258 e. The molecule has 1 aromatic heterocycles. The summed E-state index contributed by atoms with van der Waals surface area (Å²) in [5, 5.41) is 2.97. The fourth-order valence-corrected chi connectivity index (χ4v) is 7.46. The second-order valence-electron chi connectivity index (χ2n) is 12.4. The molecule has 0 radical (unpaired) electrons. The van der Waals surface area contributed by atoms with Gasteiger partial charge in [-0.2, -0.15) is 0 Å². The molecule has 38 heavy (non-hydrogen) atoms. The number of hydrogen-bond acceptors (Lipinski definition) is 7. The Morgan fingerprint density at radius 3 is 2.47 bits per heavy atom. The molecule has 1 aliphatic carbocycles. The fraction of sp³-hybridized carbons (Fsp3) is 0.586. The molecule has 2 saturated heterocycles. The van der Waals surface area contributed by atoms with Crippen molar-refractivity contribution in [3.8, 4) is 0 Å². The Kier molecular flexibility index (Phi) is 7.20. The zero-order valence-electron chi connectivity index (χ0n) is 23.0. The van der Waals surface area contributed by atoms with E-state index in [9.17, 15) is 13.2 Å². The lowest BCUT2D eigenvalue weighted by molar-refractivity contribution is 0.0529. The van der Waals surface area contributed by atoms with Gasteiger partial charge in [0, 0.05) is 26.2 Å². The number of nitrogens with zero attached hydrogens (tertiary/aromatic N) is 3. The van der Waals surface area contributed by atoms with Crippen molar-refractivity contribution in [3.05, 3.63) is 42.0 Å². The van der Waals surface area contributed by atoms with Crippen LogP contribution in [0.15, 0.2) is 41.3 Å². The lowest BCUT2D eigenvalue weighted by Crippen LogP contribution is -2.41. The molecule has 3 aliphatic rings. The van der Waals surface area contributed by atoms with Gasteiger partial charge in [0.1, 0.15) is 11.6 Å². The molecule has 3 fully saturated rings. The SMILES string of the molecule is C[C@@H]1CN(c2cccc(NC(=O)c3ccc(S(=O)(=O)CC(C)(C)C)cc3N3CCC4(CC3)CC4)n2)CCO1. The minimum absolute atomic E-state index is 0.0466. The van der Waals surface area contributed by atoms with Gasteiger partial charge < -0.3 is 19.9 Å². The summed E-state index contributed by atoms with van der Waals surface area (Å²) in [5.74, 6) is 1.03. The van der Waals surface area contributed by atoms with E-state index in [1.165, 1.54) is 12.8 Å².